The maximum Gasteiger partial charge on any atom is 0.258 e. The van der Waals surface area contributed by atoms with Crippen molar-refractivity contribution in [3.63, 3.8) is 0 Å². The molecule has 0 bridgehead atoms. The van der Waals surface area contributed by atoms with Gasteiger partial charge in [-0.25, -0.2) is 13.4 Å². The third-order valence-electron chi connectivity index (χ3n) is 5.57. The van der Waals surface area contributed by atoms with Crippen LogP contribution in [0.2, 0.25) is 0 Å². The number of nitrogens with one attached hydrogen (secondary N) is 1. The maximum atomic E-state index is 13.6. The Bertz CT molecular complexity index is 1300. The first-order chi connectivity index (χ1) is 15.5. The third kappa shape index (κ3) is 4.08. The summed E-state index contributed by atoms with van der Waals surface area (Å²) >= 11 is 0. The van der Waals surface area contributed by atoms with Crippen LogP contribution in [-0.4, -0.2) is 55.2 Å². The highest BCUT2D eigenvalue weighted by Crippen LogP contribution is 2.33. The van der Waals surface area contributed by atoms with Crippen molar-refractivity contribution in [3.05, 3.63) is 58.6 Å². The molecule has 1 atom stereocenters. The van der Waals surface area contributed by atoms with Gasteiger partial charge in [0.1, 0.15) is 19.0 Å². The number of fused-ring (bicyclic) bond motifs is 2. The first-order valence-corrected chi connectivity index (χ1v) is 11.9. The Morgan fingerprint density at radius 2 is 1.88 bits per heavy atom. The molecule has 3 heterocycles. The number of rotatable bonds is 6. The van der Waals surface area contributed by atoms with Gasteiger partial charge in [-0.3, -0.25) is 4.79 Å². The molecule has 2 aliphatic heterocycles. The number of H-pyrrole nitrogens is 1. The number of para-hydroxylation sites is 1. The summed E-state index contributed by atoms with van der Waals surface area (Å²) in [5, 5.41) is 0.455. The van der Waals surface area contributed by atoms with Gasteiger partial charge in [0.15, 0.2) is 11.5 Å². The van der Waals surface area contributed by atoms with E-state index in [2.05, 4.69) is 9.97 Å². The molecule has 1 N–H and O–H groups in total. The topological polar surface area (TPSA) is 111 Å². The number of nitrogens with zero attached hydrogens (tertiary/aromatic N) is 2. The van der Waals surface area contributed by atoms with Gasteiger partial charge in [-0.15, -0.1) is 0 Å². The van der Waals surface area contributed by atoms with Crippen molar-refractivity contribution >= 4 is 20.9 Å². The predicted molar refractivity (Wildman–Crippen MR) is 116 cm³/mol. The van der Waals surface area contributed by atoms with E-state index in [1.165, 1.54) is 16.4 Å². The Kier molecular flexibility index (Phi) is 5.58. The zero-order chi connectivity index (χ0) is 22.1. The van der Waals surface area contributed by atoms with Crippen LogP contribution in [0.3, 0.4) is 0 Å². The molecular weight excluding hydrogens is 434 g/mol. The predicted octanol–water partition coefficient (Wildman–Crippen LogP) is 2.06. The number of aromatic nitrogens is 2. The van der Waals surface area contributed by atoms with Crippen LogP contribution in [0.15, 0.2) is 52.2 Å². The number of ether oxygens (including phenoxy) is 3. The quantitative estimate of drug-likeness (QED) is 0.603. The maximum absolute atomic E-state index is 13.6. The first kappa shape index (κ1) is 20.9. The molecule has 0 aliphatic carbocycles. The van der Waals surface area contributed by atoms with Crippen LogP contribution < -0.4 is 15.0 Å². The monoisotopic (exact) mass is 457 g/mol. The Morgan fingerprint density at radius 3 is 2.69 bits per heavy atom. The van der Waals surface area contributed by atoms with Crippen molar-refractivity contribution in [1.82, 2.24) is 14.3 Å². The smallest absolute Gasteiger partial charge is 0.258 e. The molecule has 0 amide bonds. The molecule has 2 aliphatic rings. The minimum absolute atomic E-state index is 0.0860. The van der Waals surface area contributed by atoms with E-state index in [9.17, 15) is 13.2 Å². The Hall–Kier alpha value is -2.95. The summed E-state index contributed by atoms with van der Waals surface area (Å²) in [7, 11) is -3.93. The van der Waals surface area contributed by atoms with Crippen molar-refractivity contribution in [3.8, 4) is 11.5 Å². The summed E-state index contributed by atoms with van der Waals surface area (Å²) in [6.45, 7) is 1.46. The molecule has 3 aromatic rings. The first-order valence-electron chi connectivity index (χ1n) is 10.5. The molecule has 0 radical (unpaired) electrons. The molecule has 0 spiro atoms. The number of hydrogen-bond donors (Lipinski definition) is 1. The largest absolute Gasteiger partial charge is 0.486 e. The number of benzene rings is 2. The molecular formula is C22H23N3O6S. The lowest BCUT2D eigenvalue weighted by atomic mass is 10.2. The minimum Gasteiger partial charge on any atom is -0.486 e. The summed E-state index contributed by atoms with van der Waals surface area (Å²) in [4.78, 5) is 19.8. The van der Waals surface area contributed by atoms with Crippen LogP contribution in [-0.2, 0) is 21.3 Å². The van der Waals surface area contributed by atoms with E-state index in [1.807, 2.05) is 0 Å². The van der Waals surface area contributed by atoms with Gasteiger partial charge in [0.2, 0.25) is 10.0 Å². The average Bonchev–Trinajstić information content (AvgIpc) is 3.31. The normalized spacial score (nSPS) is 18.3. The second-order valence-electron chi connectivity index (χ2n) is 7.77. The van der Waals surface area contributed by atoms with Gasteiger partial charge in [-0.2, -0.15) is 4.31 Å². The average molecular weight is 458 g/mol. The lowest BCUT2D eigenvalue weighted by Gasteiger charge is -2.25. The number of sulfonamides is 1. The number of aromatic amines is 1. The van der Waals surface area contributed by atoms with Crippen molar-refractivity contribution in [1.29, 1.82) is 0 Å². The highest BCUT2D eigenvalue weighted by molar-refractivity contribution is 7.89. The molecule has 1 saturated heterocycles. The van der Waals surface area contributed by atoms with Crippen LogP contribution in [0.1, 0.15) is 18.7 Å². The van der Waals surface area contributed by atoms with Gasteiger partial charge < -0.3 is 19.2 Å². The van der Waals surface area contributed by atoms with E-state index in [0.29, 0.717) is 42.2 Å². The van der Waals surface area contributed by atoms with Crippen molar-refractivity contribution in [2.45, 2.75) is 30.4 Å². The zero-order valence-corrected chi connectivity index (χ0v) is 18.1. The molecule has 2 aromatic carbocycles. The second kappa shape index (κ2) is 8.53. The molecule has 1 fully saturated rings. The van der Waals surface area contributed by atoms with Gasteiger partial charge in [0.25, 0.3) is 5.56 Å². The van der Waals surface area contributed by atoms with E-state index in [4.69, 9.17) is 14.2 Å². The summed E-state index contributed by atoms with van der Waals surface area (Å²) in [6.07, 6.45) is 1.44. The molecule has 0 saturated carbocycles. The summed E-state index contributed by atoms with van der Waals surface area (Å²) in [6, 6.07) is 11.5. The molecule has 5 rings (SSSR count). The van der Waals surface area contributed by atoms with Crippen LogP contribution in [0, 0.1) is 0 Å². The van der Waals surface area contributed by atoms with E-state index >= 15 is 0 Å². The van der Waals surface area contributed by atoms with Crippen molar-refractivity contribution < 1.29 is 22.6 Å². The third-order valence-corrected chi connectivity index (χ3v) is 7.38. The molecule has 10 heteroatoms. The second-order valence-corrected chi connectivity index (χ2v) is 9.71. The van der Waals surface area contributed by atoms with Gasteiger partial charge in [-0.05, 0) is 37.1 Å². The standard InChI is InChI=1S/C22H23N3O6S/c26-22-17-5-1-2-6-18(17)23-21(24-22)14-25(13-15-4-3-9-29-15)32(27,28)16-7-8-19-20(12-16)31-11-10-30-19/h1-2,5-8,12,15H,3-4,9-11,13-14H2,(H,23,24,26)/t15-/m1/s1. The SMILES string of the molecule is O=c1[nH]c(CN(C[C@H]2CCCO2)S(=O)(=O)c2ccc3c(c2)OCCO3)nc2ccccc12. The van der Waals surface area contributed by atoms with E-state index in [1.54, 1.807) is 30.3 Å². The van der Waals surface area contributed by atoms with Crippen molar-refractivity contribution in [2.24, 2.45) is 0 Å². The summed E-state index contributed by atoms with van der Waals surface area (Å²) in [5.74, 6) is 1.18. The van der Waals surface area contributed by atoms with E-state index < -0.39 is 10.0 Å². The molecule has 32 heavy (non-hydrogen) atoms. The number of hydrogen-bond acceptors (Lipinski definition) is 7. The molecule has 9 nitrogen and oxygen atoms in total. The Morgan fingerprint density at radius 1 is 1.06 bits per heavy atom. The fourth-order valence-corrected chi connectivity index (χ4v) is 5.42. The fraction of sp³-hybridized carbons (Fsp3) is 0.364. The Balaban J connectivity index is 1.51. The van der Waals surface area contributed by atoms with Gasteiger partial charge in [0, 0.05) is 19.2 Å². The van der Waals surface area contributed by atoms with Crippen LogP contribution in [0.4, 0.5) is 0 Å². The van der Waals surface area contributed by atoms with E-state index in [0.717, 1.165) is 12.8 Å². The lowest BCUT2D eigenvalue weighted by Crippen LogP contribution is -2.38. The van der Waals surface area contributed by atoms with Crippen molar-refractivity contribution in [2.75, 3.05) is 26.4 Å². The highest BCUT2D eigenvalue weighted by atomic mass is 32.2. The Labute approximate surface area is 185 Å². The van der Waals surface area contributed by atoms with Gasteiger partial charge >= 0.3 is 0 Å². The highest BCUT2D eigenvalue weighted by Gasteiger charge is 2.31. The fourth-order valence-electron chi connectivity index (χ4n) is 3.97. The molecule has 0 unspecified atom stereocenters. The van der Waals surface area contributed by atoms with Gasteiger partial charge in [-0.1, -0.05) is 12.1 Å². The summed E-state index contributed by atoms with van der Waals surface area (Å²) in [5.41, 5.74) is 0.208. The van der Waals surface area contributed by atoms with Gasteiger partial charge in [0.05, 0.1) is 28.4 Å². The van der Waals surface area contributed by atoms with Crippen LogP contribution in [0.25, 0.3) is 10.9 Å². The summed E-state index contributed by atoms with van der Waals surface area (Å²) < 4.78 is 45.3. The minimum atomic E-state index is -3.93. The molecule has 168 valence electrons. The lowest BCUT2D eigenvalue weighted by molar-refractivity contribution is 0.0921. The van der Waals surface area contributed by atoms with Crippen LogP contribution in [0.5, 0.6) is 11.5 Å². The van der Waals surface area contributed by atoms with E-state index in [-0.39, 0.29) is 35.5 Å². The van der Waals surface area contributed by atoms with Crippen LogP contribution >= 0.6 is 0 Å². The molecule has 1 aromatic heterocycles. The zero-order valence-electron chi connectivity index (χ0n) is 17.3.